The van der Waals surface area contributed by atoms with Crippen molar-refractivity contribution in [3.63, 3.8) is 0 Å². The van der Waals surface area contributed by atoms with E-state index in [9.17, 15) is 8.42 Å². The van der Waals surface area contributed by atoms with Crippen LogP contribution in [0, 0.1) is 0 Å². The Hall–Kier alpha value is -1.14. The molecule has 0 spiro atoms. The Morgan fingerprint density at radius 3 is 2.79 bits per heavy atom. The molecule has 0 saturated carbocycles. The Kier molecular flexibility index (Phi) is 4.42. The zero-order valence-electron chi connectivity index (χ0n) is 11.2. The third-order valence-electron chi connectivity index (χ3n) is 3.51. The van der Waals surface area contributed by atoms with E-state index in [0.29, 0.717) is 13.0 Å². The van der Waals surface area contributed by atoms with Crippen LogP contribution in [-0.2, 0) is 9.84 Å². The average Bonchev–Trinajstić information content (AvgIpc) is 2.59. The third kappa shape index (κ3) is 3.67. The van der Waals surface area contributed by atoms with Crippen LogP contribution in [0.25, 0.3) is 0 Å². The largest absolute Gasteiger partial charge is 0.369 e. The molecule has 1 saturated heterocycles. The minimum atomic E-state index is -2.87. The molecule has 0 bridgehead atoms. The molecule has 2 rings (SSSR count). The lowest BCUT2D eigenvalue weighted by molar-refractivity contribution is 0.597. The molecule has 6 heteroatoms. The maximum absolute atomic E-state index is 11.6. The first-order chi connectivity index (χ1) is 9.02. The summed E-state index contributed by atoms with van der Waals surface area (Å²) in [5, 5.41) is 0. The molecule has 1 atom stereocenters. The Labute approximate surface area is 114 Å². The van der Waals surface area contributed by atoms with Crippen molar-refractivity contribution < 1.29 is 8.42 Å². The molecular formula is C13H21N3O2S. The molecule has 0 amide bonds. The van der Waals surface area contributed by atoms with Gasteiger partial charge in [-0.15, -0.1) is 0 Å². The van der Waals surface area contributed by atoms with Gasteiger partial charge in [0.05, 0.1) is 29.1 Å². The molecule has 5 nitrogen and oxygen atoms in total. The van der Waals surface area contributed by atoms with Gasteiger partial charge in [0, 0.05) is 19.1 Å². The number of rotatable bonds is 3. The van der Waals surface area contributed by atoms with Gasteiger partial charge in [-0.2, -0.15) is 0 Å². The second kappa shape index (κ2) is 5.88. The lowest BCUT2D eigenvalue weighted by Gasteiger charge is -2.22. The number of aromatic nitrogens is 1. The van der Waals surface area contributed by atoms with E-state index in [1.54, 1.807) is 6.20 Å². The molecule has 0 aliphatic carbocycles. The molecule has 0 radical (unpaired) electrons. The van der Waals surface area contributed by atoms with Gasteiger partial charge in [-0.1, -0.05) is 6.92 Å². The first-order valence-electron chi connectivity index (χ1n) is 6.69. The van der Waals surface area contributed by atoms with E-state index in [1.165, 1.54) is 0 Å². The third-order valence-corrected chi connectivity index (χ3v) is 5.23. The quantitative estimate of drug-likeness (QED) is 0.899. The molecule has 1 fully saturated rings. The topological polar surface area (TPSA) is 76.3 Å². The number of hydrogen-bond donors (Lipinski definition) is 1. The highest BCUT2D eigenvalue weighted by Crippen LogP contribution is 2.19. The molecule has 0 aromatic carbocycles. The van der Waals surface area contributed by atoms with Crippen LogP contribution in [0.1, 0.15) is 31.5 Å². The number of hydrogen-bond acceptors (Lipinski definition) is 5. The van der Waals surface area contributed by atoms with Gasteiger partial charge in [-0.25, -0.2) is 8.42 Å². The molecular weight excluding hydrogens is 262 g/mol. The molecule has 1 aromatic rings. The van der Waals surface area contributed by atoms with E-state index in [-0.39, 0.29) is 17.5 Å². The van der Waals surface area contributed by atoms with Crippen molar-refractivity contribution in [3.8, 4) is 0 Å². The van der Waals surface area contributed by atoms with Crippen LogP contribution in [0.4, 0.5) is 5.69 Å². The van der Waals surface area contributed by atoms with E-state index < -0.39 is 9.84 Å². The first-order valence-corrected chi connectivity index (χ1v) is 8.51. The van der Waals surface area contributed by atoms with Crippen LogP contribution in [-0.4, -0.2) is 38.0 Å². The number of pyridine rings is 1. The van der Waals surface area contributed by atoms with Crippen molar-refractivity contribution in [1.82, 2.24) is 4.98 Å². The summed E-state index contributed by atoms with van der Waals surface area (Å²) in [6.45, 7) is 3.34. The summed E-state index contributed by atoms with van der Waals surface area (Å²) >= 11 is 0. The molecule has 2 N–H and O–H groups in total. The molecule has 19 heavy (non-hydrogen) atoms. The summed E-state index contributed by atoms with van der Waals surface area (Å²) in [5.74, 6) is 0.513. The fourth-order valence-corrected chi connectivity index (χ4v) is 3.48. The van der Waals surface area contributed by atoms with Gasteiger partial charge >= 0.3 is 0 Å². The number of nitrogens with zero attached hydrogens (tertiary/aromatic N) is 2. The Morgan fingerprint density at radius 1 is 1.37 bits per heavy atom. The van der Waals surface area contributed by atoms with Gasteiger partial charge in [0.2, 0.25) is 0 Å². The fourth-order valence-electron chi connectivity index (χ4n) is 2.21. The van der Waals surface area contributed by atoms with E-state index in [0.717, 1.165) is 24.3 Å². The minimum absolute atomic E-state index is 0.0291. The van der Waals surface area contributed by atoms with Crippen molar-refractivity contribution in [1.29, 1.82) is 0 Å². The first kappa shape index (κ1) is 14.3. The lowest BCUT2D eigenvalue weighted by Crippen LogP contribution is -2.27. The summed E-state index contributed by atoms with van der Waals surface area (Å²) < 4.78 is 23.1. The zero-order chi connectivity index (χ0) is 13.9. The standard InChI is InChI=1S/C13H21N3O2S/c1-2-12(14)13-5-4-11(10-15-13)16-6-3-8-19(17,18)9-7-16/h4-5,10,12H,2-3,6-9,14H2,1H3/t12-/m0/s1. The fraction of sp³-hybridized carbons (Fsp3) is 0.615. The van der Waals surface area contributed by atoms with Crippen molar-refractivity contribution in [3.05, 3.63) is 24.0 Å². The molecule has 1 aromatic heterocycles. The number of nitrogens with two attached hydrogens (primary N) is 1. The number of anilines is 1. The van der Waals surface area contributed by atoms with Gasteiger partial charge in [-0.3, -0.25) is 4.98 Å². The van der Waals surface area contributed by atoms with Crippen LogP contribution in [0.5, 0.6) is 0 Å². The summed E-state index contributed by atoms with van der Waals surface area (Å²) in [7, 11) is -2.87. The normalized spacial score (nSPS) is 20.8. The van der Waals surface area contributed by atoms with E-state index >= 15 is 0 Å². The SMILES string of the molecule is CC[C@H](N)c1ccc(N2CCCS(=O)(=O)CC2)cn1. The zero-order valence-corrected chi connectivity index (χ0v) is 12.1. The van der Waals surface area contributed by atoms with Gasteiger partial charge in [0.15, 0.2) is 9.84 Å². The van der Waals surface area contributed by atoms with Crippen LogP contribution < -0.4 is 10.6 Å². The molecule has 0 unspecified atom stereocenters. The Morgan fingerprint density at radius 2 is 2.16 bits per heavy atom. The Bertz CT molecular complexity index is 513. The number of sulfone groups is 1. The lowest BCUT2D eigenvalue weighted by atomic mass is 10.1. The predicted octanol–water partition coefficient (Wildman–Crippen LogP) is 1.12. The van der Waals surface area contributed by atoms with E-state index in [2.05, 4.69) is 9.88 Å². The monoisotopic (exact) mass is 283 g/mol. The minimum Gasteiger partial charge on any atom is -0.369 e. The highest BCUT2D eigenvalue weighted by atomic mass is 32.2. The maximum Gasteiger partial charge on any atom is 0.152 e. The molecule has 1 aliphatic rings. The second-order valence-electron chi connectivity index (χ2n) is 4.95. The second-order valence-corrected chi connectivity index (χ2v) is 7.25. The summed E-state index contributed by atoms with van der Waals surface area (Å²) in [6.07, 6.45) is 3.33. The van der Waals surface area contributed by atoms with Gasteiger partial charge in [0.1, 0.15) is 0 Å². The average molecular weight is 283 g/mol. The summed E-state index contributed by atoms with van der Waals surface area (Å²) in [5.41, 5.74) is 7.79. The van der Waals surface area contributed by atoms with Crippen molar-refractivity contribution in [2.45, 2.75) is 25.8 Å². The van der Waals surface area contributed by atoms with Crippen LogP contribution >= 0.6 is 0 Å². The predicted molar refractivity (Wildman–Crippen MR) is 76.9 cm³/mol. The van der Waals surface area contributed by atoms with Crippen molar-refractivity contribution in [2.24, 2.45) is 5.73 Å². The van der Waals surface area contributed by atoms with Gasteiger partial charge in [-0.05, 0) is 25.0 Å². The van der Waals surface area contributed by atoms with Crippen molar-refractivity contribution >= 4 is 15.5 Å². The van der Waals surface area contributed by atoms with E-state index in [1.807, 2.05) is 19.1 Å². The van der Waals surface area contributed by atoms with Crippen LogP contribution in [0.2, 0.25) is 0 Å². The smallest absolute Gasteiger partial charge is 0.152 e. The Balaban J connectivity index is 2.10. The van der Waals surface area contributed by atoms with Crippen molar-refractivity contribution in [2.75, 3.05) is 29.5 Å². The van der Waals surface area contributed by atoms with Crippen LogP contribution in [0.3, 0.4) is 0 Å². The molecule has 2 heterocycles. The van der Waals surface area contributed by atoms with Gasteiger partial charge in [0.25, 0.3) is 0 Å². The van der Waals surface area contributed by atoms with E-state index in [4.69, 9.17) is 5.73 Å². The maximum atomic E-state index is 11.6. The molecule has 1 aliphatic heterocycles. The highest BCUT2D eigenvalue weighted by molar-refractivity contribution is 7.91. The molecule has 106 valence electrons. The summed E-state index contributed by atoms with van der Waals surface area (Å²) in [6, 6.07) is 3.89. The van der Waals surface area contributed by atoms with Crippen LogP contribution in [0.15, 0.2) is 18.3 Å². The summed E-state index contributed by atoms with van der Waals surface area (Å²) in [4.78, 5) is 6.46. The van der Waals surface area contributed by atoms with Gasteiger partial charge < -0.3 is 10.6 Å². The highest BCUT2D eigenvalue weighted by Gasteiger charge is 2.19.